The Hall–Kier alpha value is -3.03. The predicted molar refractivity (Wildman–Crippen MR) is 95.7 cm³/mol. The third-order valence-electron chi connectivity index (χ3n) is 4.51. The quantitative estimate of drug-likeness (QED) is 0.786. The van der Waals surface area contributed by atoms with Gasteiger partial charge in [-0.3, -0.25) is 9.59 Å². The van der Waals surface area contributed by atoms with Crippen molar-refractivity contribution in [2.75, 3.05) is 26.2 Å². The number of alkyl halides is 2. The molecule has 2 amide bonds. The minimum atomic E-state index is -2.89. The Morgan fingerprint density at radius 1 is 0.893 bits per heavy atom. The van der Waals surface area contributed by atoms with Crippen molar-refractivity contribution in [3.8, 4) is 5.75 Å². The maximum atomic E-state index is 13.0. The molecule has 0 atom stereocenters. The van der Waals surface area contributed by atoms with E-state index < -0.39 is 12.4 Å². The summed E-state index contributed by atoms with van der Waals surface area (Å²) < 4.78 is 41.6. The molecule has 1 fully saturated rings. The summed E-state index contributed by atoms with van der Waals surface area (Å²) in [6, 6.07) is 11.3. The molecule has 1 heterocycles. The molecular formula is C20H19F3N2O3. The van der Waals surface area contributed by atoms with Crippen molar-refractivity contribution >= 4 is 11.8 Å². The van der Waals surface area contributed by atoms with Crippen LogP contribution in [0.25, 0.3) is 0 Å². The van der Waals surface area contributed by atoms with Crippen molar-refractivity contribution in [2.45, 2.75) is 13.0 Å². The van der Waals surface area contributed by atoms with Crippen LogP contribution in [0.3, 0.4) is 0 Å². The van der Waals surface area contributed by atoms with Crippen LogP contribution in [0.4, 0.5) is 13.2 Å². The van der Waals surface area contributed by atoms with E-state index in [2.05, 4.69) is 4.74 Å². The Bertz CT molecular complexity index is 818. The van der Waals surface area contributed by atoms with Gasteiger partial charge in [-0.2, -0.15) is 8.78 Å². The zero-order valence-electron chi connectivity index (χ0n) is 15.0. The van der Waals surface area contributed by atoms with Gasteiger partial charge >= 0.3 is 6.61 Å². The third-order valence-corrected chi connectivity index (χ3v) is 4.51. The zero-order valence-corrected chi connectivity index (χ0v) is 15.0. The highest BCUT2D eigenvalue weighted by molar-refractivity contribution is 5.94. The maximum Gasteiger partial charge on any atom is 0.387 e. The van der Waals surface area contributed by atoms with Gasteiger partial charge in [-0.15, -0.1) is 0 Å². The van der Waals surface area contributed by atoms with Crippen LogP contribution in [0.15, 0.2) is 48.5 Å². The van der Waals surface area contributed by atoms with Crippen LogP contribution in [-0.2, 0) is 11.2 Å². The summed E-state index contributed by atoms with van der Waals surface area (Å²) >= 11 is 0. The zero-order chi connectivity index (χ0) is 20.1. The summed E-state index contributed by atoms with van der Waals surface area (Å²) in [5, 5.41) is 0. The second-order valence-electron chi connectivity index (χ2n) is 6.38. The highest BCUT2D eigenvalue weighted by atomic mass is 19.3. The number of piperazine rings is 1. The fraction of sp³-hybridized carbons (Fsp3) is 0.300. The van der Waals surface area contributed by atoms with Crippen LogP contribution >= 0.6 is 0 Å². The molecule has 0 unspecified atom stereocenters. The molecule has 0 aliphatic carbocycles. The molecule has 3 rings (SSSR count). The Balaban J connectivity index is 1.50. The molecule has 1 aliphatic rings. The number of carbonyl (C=O) groups excluding carboxylic acids is 2. The molecule has 8 heteroatoms. The first-order valence-electron chi connectivity index (χ1n) is 8.79. The van der Waals surface area contributed by atoms with E-state index in [0.29, 0.717) is 37.3 Å². The molecule has 0 spiro atoms. The van der Waals surface area contributed by atoms with Crippen molar-refractivity contribution in [1.29, 1.82) is 0 Å². The molecule has 2 aromatic carbocycles. The molecule has 2 aromatic rings. The molecule has 28 heavy (non-hydrogen) atoms. The fourth-order valence-electron chi connectivity index (χ4n) is 3.01. The van der Waals surface area contributed by atoms with E-state index in [9.17, 15) is 22.8 Å². The van der Waals surface area contributed by atoms with E-state index in [-0.39, 0.29) is 24.0 Å². The maximum absolute atomic E-state index is 13.0. The largest absolute Gasteiger partial charge is 0.435 e. The molecule has 0 saturated carbocycles. The summed E-state index contributed by atoms with van der Waals surface area (Å²) in [6.45, 7) is -1.30. The number of hydrogen-bond acceptors (Lipinski definition) is 3. The monoisotopic (exact) mass is 392 g/mol. The Morgan fingerprint density at radius 2 is 1.46 bits per heavy atom. The number of carbonyl (C=O) groups is 2. The lowest BCUT2D eigenvalue weighted by molar-refractivity contribution is -0.131. The molecule has 1 aliphatic heterocycles. The second kappa shape index (κ2) is 8.77. The van der Waals surface area contributed by atoms with Gasteiger partial charge in [0.25, 0.3) is 5.91 Å². The van der Waals surface area contributed by atoms with Crippen LogP contribution in [-0.4, -0.2) is 54.4 Å². The molecule has 1 saturated heterocycles. The number of hydrogen-bond donors (Lipinski definition) is 0. The smallest absolute Gasteiger partial charge is 0.387 e. The van der Waals surface area contributed by atoms with Crippen LogP contribution in [0.5, 0.6) is 5.75 Å². The molecule has 148 valence electrons. The van der Waals surface area contributed by atoms with E-state index in [1.165, 1.54) is 36.4 Å². The van der Waals surface area contributed by atoms with E-state index in [0.717, 1.165) is 0 Å². The summed E-state index contributed by atoms with van der Waals surface area (Å²) in [7, 11) is 0. The summed E-state index contributed by atoms with van der Waals surface area (Å²) in [5.41, 5.74) is 1.10. The highest BCUT2D eigenvalue weighted by Crippen LogP contribution is 2.16. The van der Waals surface area contributed by atoms with Gasteiger partial charge in [-0.05, 0) is 42.0 Å². The summed E-state index contributed by atoms with van der Waals surface area (Å²) in [6.07, 6.45) is 0.140. The first-order valence-corrected chi connectivity index (χ1v) is 8.79. The Labute approximate surface area is 160 Å². The topological polar surface area (TPSA) is 49.9 Å². The van der Waals surface area contributed by atoms with Gasteiger partial charge in [0.05, 0.1) is 6.42 Å². The number of amides is 2. The minimum Gasteiger partial charge on any atom is -0.435 e. The second-order valence-corrected chi connectivity index (χ2v) is 6.38. The van der Waals surface area contributed by atoms with Gasteiger partial charge in [-0.25, -0.2) is 4.39 Å². The number of ether oxygens (including phenoxy) is 1. The number of halogens is 3. The molecule has 5 nitrogen and oxygen atoms in total. The van der Waals surface area contributed by atoms with E-state index in [1.54, 1.807) is 21.9 Å². The van der Waals surface area contributed by atoms with Gasteiger partial charge in [0.1, 0.15) is 11.6 Å². The van der Waals surface area contributed by atoms with E-state index >= 15 is 0 Å². The van der Waals surface area contributed by atoms with Crippen LogP contribution < -0.4 is 4.74 Å². The van der Waals surface area contributed by atoms with Crippen molar-refractivity contribution in [2.24, 2.45) is 0 Å². The lowest BCUT2D eigenvalue weighted by atomic mass is 10.1. The average Bonchev–Trinajstić information content (AvgIpc) is 2.69. The van der Waals surface area contributed by atoms with Crippen LogP contribution in [0.1, 0.15) is 15.9 Å². The van der Waals surface area contributed by atoms with E-state index in [4.69, 9.17) is 0 Å². The fourth-order valence-corrected chi connectivity index (χ4v) is 3.01. The summed E-state index contributed by atoms with van der Waals surface area (Å²) in [4.78, 5) is 28.2. The van der Waals surface area contributed by atoms with Crippen LogP contribution in [0.2, 0.25) is 0 Å². The SMILES string of the molecule is O=C(Cc1ccc(OC(F)F)cc1)N1CCN(C(=O)c2ccc(F)cc2)CC1. The van der Waals surface area contributed by atoms with Crippen molar-refractivity contribution in [3.05, 3.63) is 65.5 Å². The molecule has 0 aromatic heterocycles. The first-order chi connectivity index (χ1) is 13.4. The molecule has 0 bridgehead atoms. The summed E-state index contributed by atoms with van der Waals surface area (Å²) in [5.74, 6) is -0.655. The van der Waals surface area contributed by atoms with Gasteiger partial charge in [0.15, 0.2) is 0 Å². The molecular weight excluding hydrogens is 373 g/mol. The van der Waals surface area contributed by atoms with Crippen molar-refractivity contribution in [1.82, 2.24) is 9.80 Å². The molecule has 0 N–H and O–H groups in total. The predicted octanol–water partition coefficient (Wildman–Crippen LogP) is 2.95. The number of nitrogens with zero attached hydrogens (tertiary/aromatic N) is 2. The number of benzene rings is 2. The van der Waals surface area contributed by atoms with Gasteiger partial charge in [0, 0.05) is 31.7 Å². The number of rotatable bonds is 5. The first kappa shape index (κ1) is 19.7. The Morgan fingerprint density at radius 3 is 2.04 bits per heavy atom. The van der Waals surface area contributed by atoms with Gasteiger partial charge < -0.3 is 14.5 Å². The van der Waals surface area contributed by atoms with Crippen molar-refractivity contribution < 1.29 is 27.5 Å². The van der Waals surface area contributed by atoms with Gasteiger partial charge in [-0.1, -0.05) is 12.1 Å². The lowest BCUT2D eigenvalue weighted by Crippen LogP contribution is -2.51. The van der Waals surface area contributed by atoms with Gasteiger partial charge in [0.2, 0.25) is 5.91 Å². The molecule has 0 radical (unpaired) electrons. The minimum absolute atomic E-state index is 0.0409. The normalized spacial score (nSPS) is 14.3. The highest BCUT2D eigenvalue weighted by Gasteiger charge is 2.24. The third kappa shape index (κ3) is 5.03. The van der Waals surface area contributed by atoms with Crippen molar-refractivity contribution in [3.63, 3.8) is 0 Å². The average molecular weight is 392 g/mol. The van der Waals surface area contributed by atoms with Crippen LogP contribution in [0, 0.1) is 5.82 Å². The lowest BCUT2D eigenvalue weighted by Gasteiger charge is -2.35. The Kier molecular flexibility index (Phi) is 6.18. The van der Waals surface area contributed by atoms with E-state index in [1.807, 2.05) is 0 Å². The standard InChI is InChI=1S/C20H19F3N2O3/c21-16-5-3-15(4-6-16)19(27)25-11-9-24(10-12-25)18(26)13-14-1-7-17(8-2-14)28-20(22)23/h1-8,20H,9-13H2.